The highest BCUT2D eigenvalue weighted by atomic mass is 16.5. The van der Waals surface area contributed by atoms with Gasteiger partial charge in [0.05, 0.1) is 6.61 Å². The molecule has 2 rings (SSSR count). The van der Waals surface area contributed by atoms with Gasteiger partial charge in [0.25, 0.3) is 5.91 Å². The Morgan fingerprint density at radius 1 is 1.50 bits per heavy atom. The number of carbonyl (C=O) groups is 2. The lowest BCUT2D eigenvalue weighted by Gasteiger charge is -2.23. The Hall–Kier alpha value is -2.15. The van der Waals surface area contributed by atoms with Crippen molar-refractivity contribution in [2.45, 2.75) is 12.0 Å². The fourth-order valence-corrected chi connectivity index (χ4v) is 1.76. The van der Waals surface area contributed by atoms with E-state index in [2.05, 4.69) is 10.3 Å². The predicted octanol–water partition coefficient (Wildman–Crippen LogP) is -0.652. The Kier molecular flexibility index (Phi) is 3.15. The molecular formula is C11H12N2O5. The third kappa shape index (κ3) is 2.12. The lowest BCUT2D eigenvalue weighted by atomic mass is 9.98. The van der Waals surface area contributed by atoms with Gasteiger partial charge in [-0.05, 0) is 0 Å². The first-order valence-electron chi connectivity index (χ1n) is 5.36. The molecule has 1 atom stereocenters. The quantitative estimate of drug-likeness (QED) is 0.662. The van der Waals surface area contributed by atoms with Crippen LogP contribution in [0.4, 0.5) is 0 Å². The van der Waals surface area contributed by atoms with Crippen molar-refractivity contribution in [2.24, 2.45) is 0 Å². The highest BCUT2D eigenvalue weighted by Gasteiger charge is 2.44. The maximum atomic E-state index is 11.9. The van der Waals surface area contributed by atoms with Crippen molar-refractivity contribution < 1.29 is 19.4 Å². The molecule has 1 unspecified atom stereocenters. The summed E-state index contributed by atoms with van der Waals surface area (Å²) in [6, 6.07) is 1.20. The van der Waals surface area contributed by atoms with Gasteiger partial charge in [-0.2, -0.15) is 0 Å². The average molecular weight is 252 g/mol. The molecule has 7 heteroatoms. The van der Waals surface area contributed by atoms with Crippen LogP contribution in [0.25, 0.3) is 0 Å². The smallest absolute Gasteiger partial charge is 0.331 e. The molecule has 1 saturated heterocycles. The molecule has 1 amide bonds. The average Bonchev–Trinajstić information content (AvgIpc) is 2.79. The van der Waals surface area contributed by atoms with E-state index in [0.717, 1.165) is 0 Å². The first-order valence-corrected chi connectivity index (χ1v) is 5.36. The van der Waals surface area contributed by atoms with Crippen LogP contribution in [0.5, 0.6) is 0 Å². The maximum absolute atomic E-state index is 11.9. The van der Waals surface area contributed by atoms with Gasteiger partial charge in [-0.1, -0.05) is 0 Å². The fraction of sp³-hybridized carbons (Fsp3) is 0.364. The lowest BCUT2D eigenvalue weighted by Crippen LogP contribution is -2.55. The zero-order valence-electron chi connectivity index (χ0n) is 9.43. The van der Waals surface area contributed by atoms with E-state index in [4.69, 9.17) is 9.84 Å². The number of pyridine rings is 1. The molecule has 7 nitrogen and oxygen atoms in total. The van der Waals surface area contributed by atoms with Crippen LogP contribution in [0, 0.1) is 0 Å². The highest BCUT2D eigenvalue weighted by molar-refractivity contribution is 5.97. The lowest BCUT2D eigenvalue weighted by molar-refractivity contribution is -0.144. The fourth-order valence-electron chi connectivity index (χ4n) is 1.76. The summed E-state index contributed by atoms with van der Waals surface area (Å²) in [7, 11) is 0. The zero-order valence-corrected chi connectivity index (χ0v) is 9.43. The van der Waals surface area contributed by atoms with Gasteiger partial charge < -0.3 is 20.1 Å². The molecule has 1 aromatic heterocycles. The molecule has 1 aliphatic rings. The number of aliphatic carboxylic acids is 1. The first-order chi connectivity index (χ1) is 8.55. The minimum atomic E-state index is -1.45. The van der Waals surface area contributed by atoms with Gasteiger partial charge in [0.2, 0.25) is 0 Å². The summed E-state index contributed by atoms with van der Waals surface area (Å²) in [6.07, 6.45) is 2.81. The molecule has 0 aromatic carbocycles. The van der Waals surface area contributed by atoms with Crippen molar-refractivity contribution in [3.8, 4) is 0 Å². The van der Waals surface area contributed by atoms with Crippen LogP contribution in [0.1, 0.15) is 16.8 Å². The first kappa shape index (κ1) is 12.3. The normalized spacial score (nSPS) is 22.7. The van der Waals surface area contributed by atoms with Gasteiger partial charge in [0.15, 0.2) is 11.0 Å². The molecule has 1 fully saturated rings. The summed E-state index contributed by atoms with van der Waals surface area (Å²) in [5.41, 5.74) is -2.03. The largest absolute Gasteiger partial charge is 0.479 e. The molecule has 0 aliphatic carbocycles. The Bertz CT molecular complexity index is 530. The number of ether oxygens (including phenoxy) is 1. The molecule has 0 radical (unpaired) electrons. The highest BCUT2D eigenvalue weighted by Crippen LogP contribution is 2.19. The van der Waals surface area contributed by atoms with Gasteiger partial charge in [-0.3, -0.25) is 9.59 Å². The molecule has 0 bridgehead atoms. The minimum Gasteiger partial charge on any atom is -0.479 e. The second-order valence-electron chi connectivity index (χ2n) is 4.07. The second-order valence-corrected chi connectivity index (χ2v) is 4.07. The van der Waals surface area contributed by atoms with Crippen LogP contribution in [0.3, 0.4) is 0 Å². The SMILES string of the molecule is O=C(NC1(C(=O)O)CCOC1)c1c[nH]ccc1=O. The van der Waals surface area contributed by atoms with Crippen molar-refractivity contribution in [3.05, 3.63) is 34.2 Å². The van der Waals surface area contributed by atoms with E-state index in [9.17, 15) is 14.4 Å². The molecule has 18 heavy (non-hydrogen) atoms. The number of carboxylic acid groups (broad SMARTS) is 1. The number of amides is 1. The molecule has 96 valence electrons. The Balaban J connectivity index is 2.23. The van der Waals surface area contributed by atoms with E-state index in [1.165, 1.54) is 18.5 Å². The van der Waals surface area contributed by atoms with E-state index in [-0.39, 0.29) is 25.2 Å². The number of H-pyrrole nitrogens is 1. The number of carbonyl (C=O) groups excluding carboxylic acids is 1. The van der Waals surface area contributed by atoms with Crippen LogP contribution in [-0.2, 0) is 9.53 Å². The monoisotopic (exact) mass is 252 g/mol. The van der Waals surface area contributed by atoms with Gasteiger partial charge in [0, 0.05) is 31.5 Å². The summed E-state index contributed by atoms with van der Waals surface area (Å²) in [6.45, 7) is 0.163. The Morgan fingerprint density at radius 3 is 2.83 bits per heavy atom. The molecule has 1 aromatic rings. The number of aromatic nitrogens is 1. The third-order valence-electron chi connectivity index (χ3n) is 2.85. The Morgan fingerprint density at radius 2 is 2.28 bits per heavy atom. The number of carboxylic acids is 1. The summed E-state index contributed by atoms with van der Waals surface area (Å²) >= 11 is 0. The topological polar surface area (TPSA) is 108 Å². The van der Waals surface area contributed by atoms with Crippen molar-refractivity contribution in [1.82, 2.24) is 10.3 Å². The van der Waals surface area contributed by atoms with E-state index >= 15 is 0 Å². The van der Waals surface area contributed by atoms with Crippen LogP contribution in [0.15, 0.2) is 23.3 Å². The number of hydrogen-bond donors (Lipinski definition) is 3. The number of nitrogens with one attached hydrogen (secondary N) is 2. The van der Waals surface area contributed by atoms with Gasteiger partial charge in [-0.15, -0.1) is 0 Å². The van der Waals surface area contributed by atoms with E-state index in [0.29, 0.717) is 0 Å². The van der Waals surface area contributed by atoms with Gasteiger partial charge in [0.1, 0.15) is 5.56 Å². The third-order valence-corrected chi connectivity index (χ3v) is 2.85. The molecule has 0 spiro atoms. The van der Waals surface area contributed by atoms with E-state index in [1.54, 1.807) is 0 Å². The van der Waals surface area contributed by atoms with Crippen LogP contribution < -0.4 is 10.7 Å². The Labute approximate surface area is 102 Å². The summed E-state index contributed by atoms with van der Waals surface area (Å²) in [5, 5.41) is 11.5. The summed E-state index contributed by atoms with van der Waals surface area (Å²) in [5.74, 6) is -1.88. The van der Waals surface area contributed by atoms with E-state index < -0.39 is 22.8 Å². The molecule has 2 heterocycles. The molecule has 3 N–H and O–H groups in total. The number of aromatic amines is 1. The van der Waals surface area contributed by atoms with Crippen LogP contribution in [0.2, 0.25) is 0 Å². The summed E-state index contributed by atoms with van der Waals surface area (Å²) in [4.78, 5) is 37.1. The maximum Gasteiger partial charge on any atom is 0.331 e. The molecule has 0 saturated carbocycles. The number of hydrogen-bond acceptors (Lipinski definition) is 4. The summed E-state index contributed by atoms with van der Waals surface area (Å²) < 4.78 is 5.01. The van der Waals surface area contributed by atoms with Crippen LogP contribution >= 0.6 is 0 Å². The van der Waals surface area contributed by atoms with E-state index in [1.807, 2.05) is 0 Å². The van der Waals surface area contributed by atoms with Gasteiger partial charge in [-0.25, -0.2) is 4.79 Å². The van der Waals surface area contributed by atoms with Crippen molar-refractivity contribution in [2.75, 3.05) is 13.2 Å². The standard InChI is InChI=1S/C11H12N2O5/c14-8-1-3-12-5-7(8)9(15)13-11(10(16)17)2-4-18-6-11/h1,3,5H,2,4,6H2,(H,12,14)(H,13,15)(H,16,17). The van der Waals surface area contributed by atoms with Crippen molar-refractivity contribution in [3.63, 3.8) is 0 Å². The number of rotatable bonds is 3. The second kappa shape index (κ2) is 4.61. The zero-order chi connectivity index (χ0) is 13.2. The minimum absolute atomic E-state index is 0.0984. The molecular weight excluding hydrogens is 240 g/mol. The predicted molar refractivity (Wildman–Crippen MR) is 60.3 cm³/mol. The van der Waals surface area contributed by atoms with Crippen molar-refractivity contribution in [1.29, 1.82) is 0 Å². The molecule has 1 aliphatic heterocycles. The van der Waals surface area contributed by atoms with Crippen molar-refractivity contribution >= 4 is 11.9 Å². The van der Waals surface area contributed by atoms with Crippen LogP contribution in [-0.4, -0.2) is 40.7 Å². The van der Waals surface area contributed by atoms with Gasteiger partial charge >= 0.3 is 5.97 Å².